The first kappa shape index (κ1) is 19.4. The van der Waals surface area contributed by atoms with E-state index in [1.165, 1.54) is 12.0 Å². The number of anilines is 1. The molecule has 1 N–H and O–H groups in total. The molecule has 2 heterocycles. The highest BCUT2D eigenvalue weighted by molar-refractivity contribution is 6.07. The van der Waals surface area contributed by atoms with Crippen LogP contribution in [0.15, 0.2) is 18.2 Å². The molecule has 2 saturated heterocycles. The number of urea groups is 1. The average Bonchev–Trinajstić information content (AvgIpc) is 2.71. The summed E-state index contributed by atoms with van der Waals surface area (Å²) in [6.45, 7) is 1.58. The van der Waals surface area contributed by atoms with Gasteiger partial charge in [-0.2, -0.15) is 0 Å². The Kier molecular flexibility index (Phi) is 5.02. The number of hydrogen-bond donors (Lipinski definition) is 1. The lowest BCUT2D eigenvalue weighted by Crippen LogP contribution is -2.50. The third-order valence-corrected chi connectivity index (χ3v) is 6.46. The zero-order chi connectivity index (χ0) is 20.6. The van der Waals surface area contributed by atoms with Gasteiger partial charge in [-0.25, -0.2) is 4.79 Å². The summed E-state index contributed by atoms with van der Waals surface area (Å²) in [5.41, 5.74) is 1.19. The SMILES string of the molecule is COc1ccc(C(=O)N2CCC3(CC2)CC(C=O)C3)cc1N1CCC(=O)NC1=O. The third kappa shape index (κ3) is 3.59. The van der Waals surface area contributed by atoms with Gasteiger partial charge in [0.2, 0.25) is 5.91 Å². The van der Waals surface area contributed by atoms with Crippen molar-refractivity contribution in [3.63, 3.8) is 0 Å². The zero-order valence-corrected chi connectivity index (χ0v) is 16.5. The van der Waals surface area contributed by atoms with Crippen LogP contribution in [-0.4, -0.2) is 55.8 Å². The van der Waals surface area contributed by atoms with E-state index in [2.05, 4.69) is 5.32 Å². The lowest BCUT2D eigenvalue weighted by Gasteiger charge is -2.50. The summed E-state index contributed by atoms with van der Waals surface area (Å²) in [5, 5.41) is 2.29. The smallest absolute Gasteiger partial charge is 0.328 e. The molecule has 3 fully saturated rings. The first-order valence-electron chi connectivity index (χ1n) is 9.99. The van der Waals surface area contributed by atoms with Gasteiger partial charge in [0.05, 0.1) is 12.8 Å². The molecular formula is C21H25N3O5. The number of ether oxygens (including phenoxy) is 1. The summed E-state index contributed by atoms with van der Waals surface area (Å²) >= 11 is 0. The van der Waals surface area contributed by atoms with Gasteiger partial charge in [-0.3, -0.25) is 19.8 Å². The van der Waals surface area contributed by atoms with Crippen LogP contribution in [0.2, 0.25) is 0 Å². The number of imide groups is 1. The standard InChI is InChI=1S/C21H25N3O5/c1-29-17-3-2-15(10-16(17)24-7-4-18(26)22-20(24)28)19(27)23-8-5-21(6-9-23)11-14(12-21)13-25/h2-3,10,13-14H,4-9,11-12H2,1H3,(H,22,26,28). The highest BCUT2D eigenvalue weighted by atomic mass is 16.5. The minimum atomic E-state index is -0.515. The minimum absolute atomic E-state index is 0.0801. The van der Waals surface area contributed by atoms with E-state index < -0.39 is 6.03 Å². The Hall–Kier alpha value is -2.90. The summed E-state index contributed by atoms with van der Waals surface area (Å²) in [7, 11) is 1.50. The highest BCUT2D eigenvalue weighted by Crippen LogP contribution is 2.51. The number of aldehydes is 1. The fourth-order valence-electron chi connectivity index (χ4n) is 4.75. The number of piperidine rings is 1. The van der Waals surface area contributed by atoms with Crippen LogP contribution in [0, 0.1) is 11.3 Å². The van der Waals surface area contributed by atoms with Crippen molar-refractivity contribution in [3.8, 4) is 5.75 Å². The van der Waals surface area contributed by atoms with Crippen molar-refractivity contribution in [2.24, 2.45) is 11.3 Å². The second-order valence-corrected chi connectivity index (χ2v) is 8.24. The molecule has 4 amide bonds. The first-order chi connectivity index (χ1) is 13.9. The Labute approximate surface area is 169 Å². The highest BCUT2D eigenvalue weighted by Gasteiger charge is 2.46. The maximum Gasteiger partial charge on any atom is 0.328 e. The number of methoxy groups -OCH3 is 1. The number of hydrogen-bond acceptors (Lipinski definition) is 5. The summed E-state index contributed by atoms with van der Waals surface area (Å²) in [6, 6.07) is 4.53. The van der Waals surface area contributed by atoms with E-state index in [-0.39, 0.29) is 36.1 Å². The summed E-state index contributed by atoms with van der Waals surface area (Å²) in [6.07, 6.45) is 4.96. The molecule has 3 aliphatic rings. The lowest BCUT2D eigenvalue weighted by molar-refractivity contribution is -0.120. The molecule has 2 aliphatic heterocycles. The van der Waals surface area contributed by atoms with Gasteiger partial charge in [-0.15, -0.1) is 0 Å². The Balaban J connectivity index is 1.49. The zero-order valence-electron chi connectivity index (χ0n) is 16.5. The normalized spacial score (nSPS) is 21.6. The largest absolute Gasteiger partial charge is 0.495 e. The molecule has 0 aromatic heterocycles. The molecule has 154 valence electrons. The second kappa shape index (κ2) is 7.50. The van der Waals surface area contributed by atoms with Gasteiger partial charge < -0.3 is 14.4 Å². The van der Waals surface area contributed by atoms with Crippen LogP contribution in [0.3, 0.4) is 0 Å². The number of benzene rings is 1. The molecule has 0 atom stereocenters. The van der Waals surface area contributed by atoms with Gasteiger partial charge >= 0.3 is 6.03 Å². The number of likely N-dealkylation sites (tertiary alicyclic amines) is 1. The van der Waals surface area contributed by atoms with Crippen LogP contribution in [0.5, 0.6) is 5.75 Å². The predicted molar refractivity (Wildman–Crippen MR) is 105 cm³/mol. The van der Waals surface area contributed by atoms with E-state index in [0.29, 0.717) is 30.1 Å². The number of amides is 4. The van der Waals surface area contributed by atoms with Crippen molar-refractivity contribution in [2.75, 3.05) is 31.6 Å². The topological polar surface area (TPSA) is 96.0 Å². The van der Waals surface area contributed by atoms with Crippen LogP contribution in [0.4, 0.5) is 10.5 Å². The molecule has 1 aromatic rings. The second-order valence-electron chi connectivity index (χ2n) is 8.24. The number of rotatable bonds is 4. The summed E-state index contributed by atoms with van der Waals surface area (Å²) in [4.78, 5) is 50.9. The molecule has 1 aromatic carbocycles. The Morgan fingerprint density at radius 1 is 1.21 bits per heavy atom. The van der Waals surface area contributed by atoms with Crippen molar-refractivity contribution >= 4 is 29.8 Å². The monoisotopic (exact) mass is 399 g/mol. The molecule has 0 bridgehead atoms. The Bertz CT molecular complexity index is 852. The number of carbonyl (C=O) groups excluding carboxylic acids is 4. The van der Waals surface area contributed by atoms with Gasteiger partial charge in [-0.05, 0) is 49.3 Å². The molecule has 8 nitrogen and oxygen atoms in total. The van der Waals surface area contributed by atoms with Crippen LogP contribution in [0.25, 0.3) is 0 Å². The summed E-state index contributed by atoms with van der Waals surface area (Å²) < 4.78 is 5.36. The minimum Gasteiger partial charge on any atom is -0.495 e. The van der Waals surface area contributed by atoms with Crippen molar-refractivity contribution in [2.45, 2.75) is 32.1 Å². The molecule has 4 rings (SSSR count). The molecule has 0 unspecified atom stereocenters. The van der Waals surface area contributed by atoms with Gasteiger partial charge in [0.15, 0.2) is 0 Å². The maximum absolute atomic E-state index is 13.1. The van der Waals surface area contributed by atoms with E-state index in [0.717, 1.165) is 32.0 Å². The van der Waals surface area contributed by atoms with E-state index >= 15 is 0 Å². The van der Waals surface area contributed by atoms with Gasteiger partial charge in [-0.1, -0.05) is 0 Å². The first-order valence-corrected chi connectivity index (χ1v) is 9.99. The molecule has 0 radical (unpaired) electrons. The lowest BCUT2D eigenvalue weighted by atomic mass is 9.58. The average molecular weight is 399 g/mol. The number of nitrogens with zero attached hydrogens (tertiary/aromatic N) is 2. The van der Waals surface area contributed by atoms with E-state index in [4.69, 9.17) is 4.74 Å². The summed E-state index contributed by atoms with van der Waals surface area (Å²) in [5.74, 6) is 0.262. The van der Waals surface area contributed by atoms with Gasteiger partial charge in [0, 0.05) is 37.5 Å². The Morgan fingerprint density at radius 3 is 2.55 bits per heavy atom. The molecule has 1 spiro atoms. The van der Waals surface area contributed by atoms with Crippen molar-refractivity contribution in [3.05, 3.63) is 23.8 Å². The predicted octanol–water partition coefficient (Wildman–Crippen LogP) is 1.97. The molecular weight excluding hydrogens is 374 g/mol. The maximum atomic E-state index is 13.1. The van der Waals surface area contributed by atoms with Gasteiger partial charge in [0.1, 0.15) is 12.0 Å². The fourth-order valence-corrected chi connectivity index (χ4v) is 4.75. The van der Waals surface area contributed by atoms with E-state index in [9.17, 15) is 19.2 Å². The molecule has 1 saturated carbocycles. The fraction of sp³-hybridized carbons (Fsp3) is 0.524. The third-order valence-electron chi connectivity index (χ3n) is 6.46. The van der Waals surface area contributed by atoms with Crippen molar-refractivity contribution < 1.29 is 23.9 Å². The van der Waals surface area contributed by atoms with Crippen molar-refractivity contribution in [1.29, 1.82) is 0 Å². The number of nitrogens with one attached hydrogen (secondary N) is 1. The van der Waals surface area contributed by atoms with Gasteiger partial charge in [0.25, 0.3) is 5.91 Å². The van der Waals surface area contributed by atoms with Crippen molar-refractivity contribution in [1.82, 2.24) is 10.2 Å². The Morgan fingerprint density at radius 2 is 1.93 bits per heavy atom. The van der Waals surface area contributed by atoms with E-state index in [1.54, 1.807) is 18.2 Å². The van der Waals surface area contributed by atoms with Crippen LogP contribution in [-0.2, 0) is 9.59 Å². The van der Waals surface area contributed by atoms with Crippen LogP contribution >= 0.6 is 0 Å². The molecule has 8 heteroatoms. The van der Waals surface area contributed by atoms with Crippen LogP contribution < -0.4 is 15.0 Å². The molecule has 1 aliphatic carbocycles. The van der Waals surface area contributed by atoms with E-state index in [1.807, 2.05) is 4.90 Å². The quantitative estimate of drug-likeness (QED) is 0.781. The van der Waals surface area contributed by atoms with Crippen LogP contribution in [0.1, 0.15) is 42.5 Å². The molecule has 29 heavy (non-hydrogen) atoms. The number of carbonyl (C=O) groups is 4.